The Bertz CT molecular complexity index is 438. The number of hydrogen-bond acceptors (Lipinski definition) is 4. The Labute approximate surface area is 73.6 Å². The van der Waals surface area contributed by atoms with Crippen LogP contribution in [-0.2, 0) is 6.54 Å². The normalized spacial score (nSPS) is 10.5. The van der Waals surface area contributed by atoms with Gasteiger partial charge in [-0.2, -0.15) is 5.10 Å². The van der Waals surface area contributed by atoms with Gasteiger partial charge < -0.3 is 8.83 Å². The summed E-state index contributed by atoms with van der Waals surface area (Å²) in [5.74, 6) is 0.297. The van der Waals surface area contributed by atoms with Crippen LogP contribution in [0.3, 0.4) is 0 Å². The first kappa shape index (κ1) is 7.85. The molecule has 5 nitrogen and oxygen atoms in total. The number of rotatable bonds is 2. The van der Waals surface area contributed by atoms with Crippen LogP contribution in [0.5, 0.6) is 0 Å². The second-order valence-electron chi connectivity index (χ2n) is 2.57. The minimum Gasteiger partial charge on any atom is -0.396 e. The second kappa shape index (κ2) is 2.93. The van der Waals surface area contributed by atoms with E-state index < -0.39 is 5.82 Å². The molecule has 0 aliphatic rings. The molecule has 2 heterocycles. The molecule has 0 unspecified atom stereocenters. The summed E-state index contributed by atoms with van der Waals surface area (Å²) in [4.78, 5) is 10.7. The van der Waals surface area contributed by atoms with E-state index in [-0.39, 0.29) is 0 Å². The highest BCUT2D eigenvalue weighted by molar-refractivity contribution is 5.00. The SMILES string of the molecule is Cc1oc(=O)oc1Cn1c[c]cn1. The molecular formula is C8H7N2O3. The van der Waals surface area contributed by atoms with E-state index in [0.29, 0.717) is 18.1 Å². The number of aromatic nitrogens is 2. The zero-order valence-corrected chi connectivity index (χ0v) is 6.98. The molecule has 1 radical (unpaired) electrons. The van der Waals surface area contributed by atoms with E-state index in [2.05, 4.69) is 15.6 Å². The van der Waals surface area contributed by atoms with Crippen molar-refractivity contribution in [2.24, 2.45) is 0 Å². The first-order valence-electron chi connectivity index (χ1n) is 3.73. The van der Waals surface area contributed by atoms with E-state index in [1.807, 2.05) is 0 Å². The van der Waals surface area contributed by atoms with Crippen LogP contribution in [0.1, 0.15) is 11.5 Å². The maximum absolute atomic E-state index is 10.7. The van der Waals surface area contributed by atoms with Gasteiger partial charge in [0.1, 0.15) is 12.3 Å². The van der Waals surface area contributed by atoms with Crippen LogP contribution in [0.2, 0.25) is 0 Å². The molecule has 67 valence electrons. The van der Waals surface area contributed by atoms with Gasteiger partial charge in [-0.1, -0.05) is 0 Å². The van der Waals surface area contributed by atoms with Crippen molar-refractivity contribution in [3.8, 4) is 0 Å². The van der Waals surface area contributed by atoms with Crippen LogP contribution >= 0.6 is 0 Å². The van der Waals surface area contributed by atoms with Gasteiger partial charge in [-0.3, -0.25) is 4.68 Å². The van der Waals surface area contributed by atoms with Crippen LogP contribution in [0.15, 0.2) is 26.0 Å². The molecular weight excluding hydrogens is 172 g/mol. The zero-order chi connectivity index (χ0) is 9.26. The van der Waals surface area contributed by atoms with E-state index >= 15 is 0 Å². The number of nitrogens with zero attached hydrogens (tertiary/aromatic N) is 2. The average Bonchev–Trinajstić information content (AvgIpc) is 2.63. The fourth-order valence-corrected chi connectivity index (χ4v) is 1.01. The summed E-state index contributed by atoms with van der Waals surface area (Å²) in [5.41, 5.74) is 0. The monoisotopic (exact) mass is 179 g/mol. The van der Waals surface area contributed by atoms with Crippen molar-refractivity contribution in [3.63, 3.8) is 0 Å². The van der Waals surface area contributed by atoms with Gasteiger partial charge in [0.2, 0.25) is 0 Å². The molecule has 5 heteroatoms. The topological polar surface area (TPSA) is 61.2 Å². The van der Waals surface area contributed by atoms with Gasteiger partial charge in [-0.15, -0.1) is 0 Å². The van der Waals surface area contributed by atoms with Gasteiger partial charge >= 0.3 is 5.82 Å². The first-order valence-corrected chi connectivity index (χ1v) is 3.73. The minimum atomic E-state index is -0.677. The van der Waals surface area contributed by atoms with Gasteiger partial charge in [-0.05, 0) is 6.92 Å². The smallest absolute Gasteiger partial charge is 0.396 e. The van der Waals surface area contributed by atoms with E-state index in [9.17, 15) is 4.79 Å². The molecule has 0 fully saturated rings. The zero-order valence-electron chi connectivity index (χ0n) is 6.98. The van der Waals surface area contributed by atoms with E-state index in [1.165, 1.54) is 6.20 Å². The third-order valence-corrected chi connectivity index (χ3v) is 1.65. The van der Waals surface area contributed by atoms with Gasteiger partial charge in [0.25, 0.3) is 0 Å². The molecule has 0 spiro atoms. The van der Waals surface area contributed by atoms with Crippen LogP contribution < -0.4 is 5.82 Å². The van der Waals surface area contributed by atoms with Crippen molar-refractivity contribution in [3.05, 3.63) is 40.6 Å². The fraction of sp³-hybridized carbons (Fsp3) is 0.250. The van der Waals surface area contributed by atoms with Crippen molar-refractivity contribution >= 4 is 0 Å². The molecule has 0 aliphatic carbocycles. The molecule has 2 rings (SSSR count). The Morgan fingerprint density at radius 3 is 3.00 bits per heavy atom. The molecule has 0 bridgehead atoms. The van der Waals surface area contributed by atoms with Crippen molar-refractivity contribution in [1.82, 2.24) is 9.78 Å². The summed E-state index contributed by atoms with van der Waals surface area (Å²) in [6.07, 6.45) is 3.19. The minimum absolute atomic E-state index is 0.390. The van der Waals surface area contributed by atoms with Crippen LogP contribution in [0.4, 0.5) is 0 Å². The second-order valence-corrected chi connectivity index (χ2v) is 2.57. The van der Waals surface area contributed by atoms with Crippen molar-refractivity contribution in [2.45, 2.75) is 13.5 Å². The predicted molar refractivity (Wildman–Crippen MR) is 42.1 cm³/mol. The standard InChI is InChI=1S/C8H7N2O3/c1-6-7(13-8(11)12-6)5-10-4-2-3-9-10/h3-4H,5H2,1H3. The van der Waals surface area contributed by atoms with Gasteiger partial charge in [0.05, 0.1) is 6.20 Å². The van der Waals surface area contributed by atoms with Crippen LogP contribution in [0.25, 0.3) is 0 Å². The van der Waals surface area contributed by atoms with E-state index in [1.54, 1.807) is 17.8 Å². The quantitative estimate of drug-likeness (QED) is 0.676. The Morgan fingerprint density at radius 1 is 1.62 bits per heavy atom. The van der Waals surface area contributed by atoms with Crippen molar-refractivity contribution in [2.75, 3.05) is 0 Å². The Kier molecular flexibility index (Phi) is 1.77. The lowest BCUT2D eigenvalue weighted by molar-refractivity contribution is 0.365. The third kappa shape index (κ3) is 1.53. The lowest BCUT2D eigenvalue weighted by Crippen LogP contribution is -2.00. The summed E-state index contributed by atoms with van der Waals surface area (Å²) in [6, 6.07) is 2.78. The maximum Gasteiger partial charge on any atom is 0.519 e. The summed E-state index contributed by atoms with van der Waals surface area (Å²) in [7, 11) is 0. The highest BCUT2D eigenvalue weighted by atomic mass is 16.6. The van der Waals surface area contributed by atoms with Gasteiger partial charge in [0.15, 0.2) is 5.76 Å². The molecule has 13 heavy (non-hydrogen) atoms. The number of aryl methyl sites for hydroxylation is 1. The molecule has 0 aromatic carbocycles. The Hall–Kier alpha value is -1.78. The lowest BCUT2D eigenvalue weighted by Gasteiger charge is -1.95. The van der Waals surface area contributed by atoms with Crippen molar-refractivity contribution < 1.29 is 8.83 Å². The average molecular weight is 179 g/mol. The van der Waals surface area contributed by atoms with E-state index in [0.717, 1.165) is 0 Å². The number of hydrogen-bond donors (Lipinski definition) is 0. The highest BCUT2D eigenvalue weighted by Gasteiger charge is 2.08. The Morgan fingerprint density at radius 2 is 2.46 bits per heavy atom. The predicted octanol–water partition coefficient (Wildman–Crippen LogP) is 0.586. The molecule has 0 saturated heterocycles. The van der Waals surface area contributed by atoms with Crippen molar-refractivity contribution in [1.29, 1.82) is 0 Å². The maximum atomic E-state index is 10.7. The highest BCUT2D eigenvalue weighted by Crippen LogP contribution is 2.05. The van der Waals surface area contributed by atoms with Crippen LogP contribution in [-0.4, -0.2) is 9.78 Å². The first-order chi connectivity index (χ1) is 6.25. The van der Waals surface area contributed by atoms with Gasteiger partial charge in [0, 0.05) is 12.3 Å². The van der Waals surface area contributed by atoms with E-state index in [4.69, 9.17) is 4.42 Å². The summed E-state index contributed by atoms with van der Waals surface area (Å²) in [6.45, 7) is 2.06. The molecule has 0 N–H and O–H groups in total. The van der Waals surface area contributed by atoms with Crippen LogP contribution in [0, 0.1) is 13.0 Å². The lowest BCUT2D eigenvalue weighted by atomic mass is 10.4. The summed E-state index contributed by atoms with van der Waals surface area (Å²) in [5, 5.41) is 3.92. The largest absolute Gasteiger partial charge is 0.519 e. The fourth-order valence-electron chi connectivity index (χ4n) is 1.01. The summed E-state index contributed by atoms with van der Waals surface area (Å²) < 4.78 is 11.1. The van der Waals surface area contributed by atoms with Gasteiger partial charge in [-0.25, -0.2) is 4.79 Å². The molecule has 0 aliphatic heterocycles. The Balaban J connectivity index is 2.28. The molecule has 0 amide bonds. The molecule has 2 aromatic rings. The molecule has 0 atom stereocenters. The third-order valence-electron chi connectivity index (χ3n) is 1.65. The summed E-state index contributed by atoms with van der Waals surface area (Å²) >= 11 is 0. The molecule has 0 saturated carbocycles. The molecule has 2 aromatic heterocycles.